The lowest BCUT2D eigenvalue weighted by Crippen LogP contribution is -2.22. The van der Waals surface area contributed by atoms with Gasteiger partial charge in [-0.2, -0.15) is 0 Å². The maximum Gasteiger partial charge on any atom is 0.294 e. The second kappa shape index (κ2) is 5.45. The lowest BCUT2D eigenvalue weighted by Gasteiger charge is -2.22. The molecule has 6 heteroatoms. The molecular weight excluding hydrogens is 291 g/mol. The van der Waals surface area contributed by atoms with E-state index in [0.717, 1.165) is 12.8 Å². The molecule has 1 aromatic rings. The topological polar surface area (TPSA) is 41.9 Å². The lowest BCUT2D eigenvalue weighted by molar-refractivity contribution is 0.348. The number of thiol groups is 1. The Bertz CT molecular complexity index is 590. The number of fused-ring (bicyclic) bond motifs is 1. The Morgan fingerprint density at radius 3 is 3.10 bits per heavy atom. The molecule has 0 radical (unpaired) electrons. The van der Waals surface area contributed by atoms with Crippen molar-refractivity contribution in [2.45, 2.75) is 25.8 Å². The summed E-state index contributed by atoms with van der Waals surface area (Å²) in [5, 5.41) is 0. The van der Waals surface area contributed by atoms with Crippen LogP contribution in [0, 0.1) is 0 Å². The van der Waals surface area contributed by atoms with E-state index in [-0.39, 0.29) is 6.04 Å². The Morgan fingerprint density at radius 2 is 2.30 bits per heavy atom. The van der Waals surface area contributed by atoms with Crippen LogP contribution < -0.4 is 0 Å². The average Bonchev–Trinajstić information content (AvgIpc) is 3.07. The molecule has 0 bridgehead atoms. The Labute approximate surface area is 124 Å². The van der Waals surface area contributed by atoms with Gasteiger partial charge in [0.25, 0.3) is 6.02 Å². The molecule has 3 rings (SSSR count). The van der Waals surface area contributed by atoms with Crippen LogP contribution in [0.1, 0.15) is 30.5 Å². The molecule has 1 saturated heterocycles. The largest absolute Gasteiger partial charge is 0.463 e. The maximum absolute atomic E-state index is 12.4. The highest BCUT2D eigenvalue weighted by molar-refractivity contribution is 8.47. The summed E-state index contributed by atoms with van der Waals surface area (Å²) in [6.45, 7) is 0.389. The summed E-state index contributed by atoms with van der Waals surface area (Å²) in [6, 6.07) is 9.00. The Kier molecular flexibility index (Phi) is 3.83. The van der Waals surface area contributed by atoms with Gasteiger partial charge in [0.15, 0.2) is 0 Å². The van der Waals surface area contributed by atoms with E-state index in [0.29, 0.717) is 25.3 Å². The standard InChI is InChI=1S/C14H19N2O2PS/c1-2-19(17,20)16-9-10-18-14(16)15-13-8-7-11-5-3-4-6-12(11)13/h3-6,13H,2,7-10H2,1H3,(H,17,20)/b15-14-/t13-,19?/m0/s1. The predicted octanol–water partition coefficient (Wildman–Crippen LogP) is 3.50. The quantitative estimate of drug-likeness (QED) is 0.686. The van der Waals surface area contributed by atoms with Crippen molar-refractivity contribution in [3.05, 3.63) is 35.4 Å². The second-order valence-corrected chi connectivity index (χ2v) is 9.44. The monoisotopic (exact) mass is 310 g/mol. The van der Waals surface area contributed by atoms with Crippen LogP contribution in [0.3, 0.4) is 0 Å². The summed E-state index contributed by atoms with van der Waals surface area (Å²) in [7, 11) is 0. The van der Waals surface area contributed by atoms with Crippen molar-refractivity contribution in [1.82, 2.24) is 4.67 Å². The molecule has 20 heavy (non-hydrogen) atoms. The van der Waals surface area contributed by atoms with Crippen LogP contribution in [0.2, 0.25) is 0 Å². The second-order valence-electron chi connectivity index (χ2n) is 5.12. The Morgan fingerprint density at radius 1 is 1.50 bits per heavy atom. The average molecular weight is 310 g/mol. The number of rotatable bonds is 3. The SMILES string of the molecule is CCP(=O)(S)N1CCO/C1=N\[C@H]1CCc2ccccc21. The van der Waals surface area contributed by atoms with Gasteiger partial charge >= 0.3 is 0 Å². The lowest BCUT2D eigenvalue weighted by atomic mass is 10.1. The van der Waals surface area contributed by atoms with Crippen LogP contribution in [0.5, 0.6) is 0 Å². The molecule has 1 aliphatic heterocycles. The van der Waals surface area contributed by atoms with E-state index >= 15 is 0 Å². The molecule has 0 spiro atoms. The first-order valence-corrected chi connectivity index (χ1v) is 10.00. The summed E-state index contributed by atoms with van der Waals surface area (Å²) in [5.74, 6) is 0. The zero-order chi connectivity index (χ0) is 14.2. The molecule has 0 saturated carbocycles. The maximum atomic E-state index is 12.4. The molecule has 0 amide bonds. The van der Waals surface area contributed by atoms with E-state index in [4.69, 9.17) is 9.73 Å². The summed E-state index contributed by atoms with van der Waals surface area (Å²) in [5.41, 5.74) is 2.62. The van der Waals surface area contributed by atoms with Gasteiger partial charge in [-0.25, -0.2) is 4.99 Å². The number of ether oxygens (including phenoxy) is 1. The first-order valence-electron chi connectivity index (χ1n) is 7.00. The smallest absolute Gasteiger partial charge is 0.294 e. The van der Waals surface area contributed by atoms with Crippen LogP contribution in [0.25, 0.3) is 0 Å². The number of aryl methyl sites for hydroxylation is 1. The molecule has 0 N–H and O–H groups in total. The summed E-state index contributed by atoms with van der Waals surface area (Å²) in [6.07, 6.45) is 2.55. The van der Waals surface area contributed by atoms with Gasteiger partial charge in [-0.3, -0.25) is 9.24 Å². The summed E-state index contributed by atoms with van der Waals surface area (Å²) >= 11 is 4.31. The minimum atomic E-state index is -2.65. The van der Waals surface area contributed by atoms with E-state index in [2.05, 4.69) is 30.4 Å². The van der Waals surface area contributed by atoms with Crippen LogP contribution in [0.4, 0.5) is 0 Å². The first kappa shape index (κ1) is 14.0. The minimum Gasteiger partial charge on any atom is -0.463 e. The van der Waals surface area contributed by atoms with Crippen molar-refractivity contribution in [3.8, 4) is 0 Å². The third-order valence-electron chi connectivity index (χ3n) is 3.91. The summed E-state index contributed by atoms with van der Waals surface area (Å²) < 4.78 is 19.8. The highest BCUT2D eigenvalue weighted by Gasteiger charge is 2.34. The van der Waals surface area contributed by atoms with E-state index in [1.54, 1.807) is 4.67 Å². The number of hydrogen-bond acceptors (Lipinski definition) is 3. The van der Waals surface area contributed by atoms with Crippen molar-refractivity contribution in [3.63, 3.8) is 0 Å². The summed E-state index contributed by atoms with van der Waals surface area (Å²) in [4.78, 5) is 4.71. The molecule has 0 aromatic heterocycles. The van der Waals surface area contributed by atoms with Crippen molar-refractivity contribution < 1.29 is 9.30 Å². The normalized spacial score (nSPS) is 26.4. The van der Waals surface area contributed by atoms with E-state index in [1.807, 2.05) is 13.0 Å². The van der Waals surface area contributed by atoms with Gasteiger partial charge in [0.2, 0.25) is 6.49 Å². The molecule has 1 aliphatic carbocycles. The van der Waals surface area contributed by atoms with Gasteiger partial charge < -0.3 is 4.74 Å². The molecule has 1 aromatic carbocycles. The zero-order valence-electron chi connectivity index (χ0n) is 11.5. The van der Waals surface area contributed by atoms with Gasteiger partial charge in [0, 0.05) is 6.16 Å². The number of amidine groups is 1. The van der Waals surface area contributed by atoms with Crippen molar-refractivity contribution in [2.75, 3.05) is 19.3 Å². The fourth-order valence-corrected chi connectivity index (χ4v) is 4.37. The van der Waals surface area contributed by atoms with Crippen molar-refractivity contribution >= 4 is 24.8 Å². The molecule has 108 valence electrons. The van der Waals surface area contributed by atoms with Gasteiger partial charge in [0.05, 0.1) is 12.6 Å². The molecule has 2 atom stereocenters. The molecule has 4 nitrogen and oxygen atoms in total. The van der Waals surface area contributed by atoms with Crippen LogP contribution in [0.15, 0.2) is 29.3 Å². The predicted molar refractivity (Wildman–Crippen MR) is 84.7 cm³/mol. The fourth-order valence-electron chi connectivity index (χ4n) is 2.76. The highest BCUT2D eigenvalue weighted by atomic mass is 32.7. The third-order valence-corrected chi connectivity index (χ3v) is 7.36. The van der Waals surface area contributed by atoms with Crippen molar-refractivity contribution in [1.29, 1.82) is 0 Å². The molecule has 2 aliphatic rings. The molecule has 1 unspecified atom stereocenters. The fraction of sp³-hybridized carbons (Fsp3) is 0.500. The van der Waals surface area contributed by atoms with Crippen molar-refractivity contribution in [2.24, 2.45) is 4.99 Å². The number of hydrogen-bond donors (Lipinski definition) is 1. The zero-order valence-corrected chi connectivity index (χ0v) is 13.3. The van der Waals surface area contributed by atoms with Crippen LogP contribution in [-0.2, 0) is 15.7 Å². The number of aliphatic imine (C=N–C) groups is 1. The number of benzene rings is 1. The van der Waals surface area contributed by atoms with Crippen LogP contribution >= 0.6 is 18.7 Å². The Hall–Kier alpha value is -0.930. The molecule has 1 fully saturated rings. The van der Waals surface area contributed by atoms with Crippen LogP contribution in [-0.4, -0.2) is 30.0 Å². The van der Waals surface area contributed by atoms with E-state index in [9.17, 15) is 4.57 Å². The third kappa shape index (κ3) is 2.49. The molecular formula is C14H19N2O2PS. The van der Waals surface area contributed by atoms with E-state index < -0.39 is 6.49 Å². The highest BCUT2D eigenvalue weighted by Crippen LogP contribution is 2.55. The molecule has 1 heterocycles. The Balaban J connectivity index is 1.88. The van der Waals surface area contributed by atoms with Gasteiger partial charge in [-0.1, -0.05) is 43.4 Å². The van der Waals surface area contributed by atoms with Gasteiger partial charge in [-0.15, -0.1) is 0 Å². The van der Waals surface area contributed by atoms with Gasteiger partial charge in [0.1, 0.15) is 6.61 Å². The first-order chi connectivity index (χ1) is 9.62. The van der Waals surface area contributed by atoms with E-state index in [1.165, 1.54) is 11.1 Å². The minimum absolute atomic E-state index is 0.118. The van der Waals surface area contributed by atoms with Gasteiger partial charge in [-0.05, 0) is 24.0 Å². The number of nitrogens with zero attached hydrogens (tertiary/aromatic N) is 2.